The molecule has 63 heavy (non-hydrogen) atoms. The van der Waals surface area contributed by atoms with E-state index < -0.39 is 68.2 Å². The van der Waals surface area contributed by atoms with Gasteiger partial charge in [0.1, 0.15) is 40.9 Å². The van der Waals surface area contributed by atoms with Crippen LogP contribution in [0.2, 0.25) is 0 Å². The van der Waals surface area contributed by atoms with Crippen molar-refractivity contribution in [2.24, 2.45) is 5.92 Å². The molecule has 0 bridgehead atoms. The number of sulfonamides is 1. The number of carbonyl (C=O) groups excluding carboxylic acids is 4. The summed E-state index contributed by atoms with van der Waals surface area (Å²) in [6.45, 7) is 7.74. The minimum Gasteiger partial charge on any atom is -0.470 e. The summed E-state index contributed by atoms with van der Waals surface area (Å²) in [5.74, 6) is -1.98. The van der Waals surface area contributed by atoms with Crippen molar-refractivity contribution in [1.29, 1.82) is 0 Å². The molecule has 0 radical (unpaired) electrons. The minimum atomic E-state index is -4.02. The molecule has 4 aromatic rings. The van der Waals surface area contributed by atoms with E-state index in [2.05, 4.69) is 36.1 Å². The first kappa shape index (κ1) is 43.2. The summed E-state index contributed by atoms with van der Waals surface area (Å²) >= 11 is 1.41. The molecule has 3 saturated carbocycles. The molecule has 9 rings (SSSR count). The first-order chi connectivity index (χ1) is 30.0. The van der Waals surface area contributed by atoms with Gasteiger partial charge in [-0.1, -0.05) is 57.9 Å². The fourth-order valence-electron chi connectivity index (χ4n) is 8.90. The normalized spacial score (nSPS) is 26.6. The number of amides is 4. The Hall–Kier alpha value is -5.10. The number of nitrogens with one attached hydrogen (secondary N) is 3. The van der Waals surface area contributed by atoms with Crippen LogP contribution in [-0.2, 0) is 34.6 Å². The van der Waals surface area contributed by atoms with E-state index in [1.165, 1.54) is 16.2 Å². The van der Waals surface area contributed by atoms with Crippen LogP contribution in [0.5, 0.6) is 5.88 Å². The van der Waals surface area contributed by atoms with Gasteiger partial charge in [0.2, 0.25) is 27.4 Å². The van der Waals surface area contributed by atoms with E-state index in [1.54, 1.807) is 6.92 Å². The molecule has 16 nitrogen and oxygen atoms in total. The lowest BCUT2D eigenvalue weighted by Crippen LogP contribution is -2.58. The average molecular weight is 902 g/mol. The number of furan rings is 1. The molecule has 4 fully saturated rings. The smallest absolute Gasteiger partial charge is 0.408 e. The van der Waals surface area contributed by atoms with Gasteiger partial charge in [-0.05, 0) is 83.3 Å². The van der Waals surface area contributed by atoms with Crippen molar-refractivity contribution >= 4 is 67.2 Å². The number of thiazole rings is 1. The standard InChI is InChI=1S/C45H55N7O9S2/c1-43(2,3)33-25-62-39(47-33)36-48-34-29-17-12-13-19-32(29)61-35(34)38(49-36)59-28-22-31-37(53)50-45(41(55)51-63(57,58)44(4)20-21-44)23-26(45)14-8-6-5-7-9-18-30(40(54)52(31)24-28)46-42(56)60-27-15-10-11-16-27/h8,12-14,17,19,25-28,30-31H,5-7,9-11,15-16,18,20-24H2,1-4H3,(H,46,56)(H,50,53)(H,51,55)/t26-,28-,30+,31+,45-/m1/s1. The van der Waals surface area contributed by atoms with Crippen LogP contribution >= 0.6 is 11.3 Å². The maximum Gasteiger partial charge on any atom is 0.408 e. The second-order valence-electron chi connectivity index (χ2n) is 19.1. The lowest BCUT2D eigenvalue weighted by atomic mass is 9.93. The number of rotatable bonds is 8. The predicted molar refractivity (Wildman–Crippen MR) is 235 cm³/mol. The van der Waals surface area contributed by atoms with E-state index in [-0.39, 0.29) is 42.4 Å². The highest BCUT2D eigenvalue weighted by Gasteiger charge is 2.63. The Morgan fingerprint density at radius 1 is 1.00 bits per heavy atom. The molecule has 0 spiro atoms. The number of aromatic nitrogens is 3. The predicted octanol–water partition coefficient (Wildman–Crippen LogP) is 6.58. The Labute approximate surface area is 370 Å². The van der Waals surface area contributed by atoms with Crippen LogP contribution in [0.4, 0.5) is 4.79 Å². The molecule has 1 saturated heterocycles. The van der Waals surface area contributed by atoms with Crippen LogP contribution in [-0.4, -0.2) is 93.2 Å². The number of ether oxygens (including phenoxy) is 2. The maximum absolute atomic E-state index is 14.8. The first-order valence-corrected chi connectivity index (χ1v) is 24.6. The van der Waals surface area contributed by atoms with Gasteiger partial charge in [0, 0.05) is 28.5 Å². The van der Waals surface area contributed by atoms with Gasteiger partial charge < -0.3 is 29.4 Å². The molecule has 2 aliphatic heterocycles. The largest absolute Gasteiger partial charge is 0.470 e. The fourth-order valence-corrected chi connectivity index (χ4v) is 11.2. The average Bonchev–Trinajstić information content (AvgIpc) is 3.72. The molecule has 0 unspecified atom stereocenters. The van der Waals surface area contributed by atoms with Gasteiger partial charge in [0.15, 0.2) is 10.8 Å². The van der Waals surface area contributed by atoms with Gasteiger partial charge in [-0.25, -0.2) is 23.2 Å². The van der Waals surface area contributed by atoms with Crippen molar-refractivity contribution in [3.05, 3.63) is 47.5 Å². The number of hydrogen-bond acceptors (Lipinski definition) is 13. The number of para-hydroxylation sites is 1. The summed E-state index contributed by atoms with van der Waals surface area (Å²) in [5, 5.41) is 9.06. The third kappa shape index (κ3) is 8.64. The Morgan fingerprint density at radius 3 is 2.51 bits per heavy atom. The molecule has 3 N–H and O–H groups in total. The number of fused-ring (bicyclic) bond motifs is 5. The van der Waals surface area contributed by atoms with Crippen LogP contribution in [0, 0.1) is 5.92 Å². The van der Waals surface area contributed by atoms with E-state index in [9.17, 15) is 27.6 Å². The highest BCUT2D eigenvalue weighted by atomic mass is 32.2. The molecule has 4 amide bonds. The number of benzene rings is 1. The number of hydrogen-bond donors (Lipinski definition) is 3. The van der Waals surface area contributed by atoms with Crippen molar-refractivity contribution < 1.29 is 41.5 Å². The zero-order chi connectivity index (χ0) is 44.3. The van der Waals surface area contributed by atoms with Crippen LogP contribution in [0.1, 0.15) is 117 Å². The highest BCUT2D eigenvalue weighted by molar-refractivity contribution is 7.91. The summed E-state index contributed by atoms with van der Waals surface area (Å²) in [6, 6.07) is 5.27. The van der Waals surface area contributed by atoms with E-state index in [0.717, 1.165) is 49.6 Å². The lowest BCUT2D eigenvalue weighted by molar-refractivity contribution is -0.141. The van der Waals surface area contributed by atoms with E-state index >= 15 is 0 Å². The van der Waals surface area contributed by atoms with Gasteiger partial charge in [0.05, 0.1) is 17.0 Å². The second kappa shape index (κ2) is 16.5. The topological polar surface area (TPSA) is 212 Å². The number of nitrogens with zero attached hydrogens (tertiary/aromatic N) is 4. The quantitative estimate of drug-likeness (QED) is 0.160. The number of alkyl carbamates (subject to hydrolysis) is 1. The van der Waals surface area contributed by atoms with E-state index in [0.29, 0.717) is 54.0 Å². The van der Waals surface area contributed by atoms with Crippen LogP contribution in [0.25, 0.3) is 32.9 Å². The molecule has 3 aromatic heterocycles. The molecule has 3 aliphatic carbocycles. The van der Waals surface area contributed by atoms with Crippen LogP contribution in [0.3, 0.4) is 0 Å². The van der Waals surface area contributed by atoms with Gasteiger partial charge in [-0.15, -0.1) is 11.3 Å². The Bertz CT molecular complexity index is 2590. The third-order valence-electron chi connectivity index (χ3n) is 13.3. The highest BCUT2D eigenvalue weighted by Crippen LogP contribution is 2.48. The molecular weight excluding hydrogens is 847 g/mol. The molecule has 1 aromatic carbocycles. The van der Waals surface area contributed by atoms with Crippen molar-refractivity contribution in [3.63, 3.8) is 0 Å². The molecule has 5 heterocycles. The maximum atomic E-state index is 14.8. The number of carbonyl (C=O) groups is 4. The van der Waals surface area contributed by atoms with Crippen molar-refractivity contribution in [2.45, 2.75) is 151 Å². The molecule has 336 valence electrons. The van der Waals surface area contributed by atoms with Gasteiger partial charge >= 0.3 is 6.09 Å². The summed E-state index contributed by atoms with van der Waals surface area (Å²) in [4.78, 5) is 72.9. The zero-order valence-corrected chi connectivity index (χ0v) is 37.7. The Kier molecular flexibility index (Phi) is 11.3. The van der Waals surface area contributed by atoms with Crippen molar-refractivity contribution in [1.82, 2.24) is 35.2 Å². The lowest BCUT2D eigenvalue weighted by Gasteiger charge is -2.30. The van der Waals surface area contributed by atoms with Gasteiger partial charge in [-0.2, -0.15) is 4.98 Å². The molecule has 18 heteroatoms. The van der Waals surface area contributed by atoms with Crippen LogP contribution in [0.15, 0.2) is 46.2 Å². The molecule has 5 atom stereocenters. The SMILES string of the molecule is CC(C)(C)c1csc(-c2nc(O[C@@H]3C[C@H]4C(=O)N[C@]5(C(=O)NS(=O)(=O)C6(C)CC6)C[C@H]5C=CCCCCC[C@H](NC(=O)OC5CCCC5)C(=O)N4C3)c3oc4ccccc4c3n2)n1. The summed E-state index contributed by atoms with van der Waals surface area (Å²) in [6.07, 6.45) is 9.72. The Morgan fingerprint density at radius 2 is 1.76 bits per heavy atom. The second-order valence-corrected chi connectivity index (χ2v) is 22.2. The van der Waals surface area contributed by atoms with Crippen molar-refractivity contribution in [3.8, 4) is 16.7 Å². The summed E-state index contributed by atoms with van der Waals surface area (Å²) in [7, 11) is -4.02. The van der Waals surface area contributed by atoms with Crippen LogP contribution < -0.4 is 20.1 Å². The number of allylic oxidation sites excluding steroid dienone is 1. The molecular formula is C45H55N7O9S2. The summed E-state index contributed by atoms with van der Waals surface area (Å²) in [5.41, 5.74) is 0.484. The van der Waals surface area contributed by atoms with Gasteiger partial charge in [-0.3, -0.25) is 19.1 Å². The summed E-state index contributed by atoms with van der Waals surface area (Å²) < 4.78 is 46.5. The third-order valence-corrected chi connectivity index (χ3v) is 16.3. The van der Waals surface area contributed by atoms with Gasteiger partial charge in [0.25, 0.3) is 11.8 Å². The fraction of sp³-hybridized carbons (Fsp3) is 0.578. The zero-order valence-electron chi connectivity index (χ0n) is 36.1. The molecule has 5 aliphatic rings. The van der Waals surface area contributed by atoms with E-state index in [1.807, 2.05) is 41.8 Å². The monoisotopic (exact) mass is 901 g/mol. The van der Waals surface area contributed by atoms with E-state index in [4.69, 9.17) is 28.8 Å². The first-order valence-electron chi connectivity index (χ1n) is 22.2. The Balaban J connectivity index is 1.06. The minimum absolute atomic E-state index is 0.0160. The van der Waals surface area contributed by atoms with Crippen molar-refractivity contribution in [2.75, 3.05) is 6.54 Å².